The maximum absolute atomic E-state index is 10.4. The van der Waals surface area contributed by atoms with E-state index in [1.54, 1.807) is 10.9 Å². The summed E-state index contributed by atoms with van der Waals surface area (Å²) in [6.45, 7) is 0. The third-order valence-corrected chi connectivity index (χ3v) is 4.24. The van der Waals surface area contributed by atoms with Crippen molar-refractivity contribution in [2.24, 2.45) is 5.92 Å². The Labute approximate surface area is 119 Å². The van der Waals surface area contributed by atoms with Gasteiger partial charge in [-0.15, -0.1) is 5.10 Å². The predicted octanol–water partition coefficient (Wildman–Crippen LogP) is 3.27. The van der Waals surface area contributed by atoms with Crippen LogP contribution in [0.4, 0.5) is 0 Å². The molecular formula is C16H21N3O. The summed E-state index contributed by atoms with van der Waals surface area (Å²) in [5.41, 5.74) is 1.73. The summed E-state index contributed by atoms with van der Waals surface area (Å²) >= 11 is 0. The van der Waals surface area contributed by atoms with Gasteiger partial charge in [0.15, 0.2) is 0 Å². The fourth-order valence-electron chi connectivity index (χ4n) is 3.08. The number of nitrogens with zero attached hydrogens (tertiary/aromatic N) is 3. The van der Waals surface area contributed by atoms with Crippen molar-refractivity contribution < 1.29 is 5.11 Å². The second-order valence-corrected chi connectivity index (χ2v) is 5.65. The highest BCUT2D eigenvalue weighted by Gasteiger charge is 2.20. The van der Waals surface area contributed by atoms with Crippen LogP contribution in [-0.2, 0) is 0 Å². The van der Waals surface area contributed by atoms with Crippen molar-refractivity contribution in [2.75, 3.05) is 0 Å². The summed E-state index contributed by atoms with van der Waals surface area (Å²) in [7, 11) is 0. The molecule has 20 heavy (non-hydrogen) atoms. The molecule has 1 aliphatic rings. The summed E-state index contributed by atoms with van der Waals surface area (Å²) in [6.07, 6.45) is 8.43. The van der Waals surface area contributed by atoms with E-state index in [4.69, 9.17) is 0 Å². The molecular weight excluding hydrogens is 250 g/mol. The van der Waals surface area contributed by atoms with Crippen LogP contribution in [0.5, 0.6) is 0 Å². The van der Waals surface area contributed by atoms with Gasteiger partial charge in [-0.3, -0.25) is 0 Å². The molecule has 0 amide bonds. The molecule has 1 unspecified atom stereocenters. The van der Waals surface area contributed by atoms with Crippen molar-refractivity contribution in [1.29, 1.82) is 0 Å². The molecule has 0 aliphatic heterocycles. The predicted molar refractivity (Wildman–Crippen MR) is 77.5 cm³/mol. The van der Waals surface area contributed by atoms with Gasteiger partial charge in [-0.25, -0.2) is 4.68 Å². The molecule has 4 heteroatoms. The van der Waals surface area contributed by atoms with Gasteiger partial charge in [0, 0.05) is 0 Å². The second kappa shape index (κ2) is 6.18. The number of para-hydroxylation sites is 1. The highest BCUT2D eigenvalue weighted by atomic mass is 16.3. The maximum Gasteiger partial charge on any atom is 0.0977 e. The molecule has 1 fully saturated rings. The minimum Gasteiger partial charge on any atom is -0.387 e. The number of hydrogen-bond donors (Lipinski definition) is 1. The van der Waals surface area contributed by atoms with E-state index >= 15 is 0 Å². The van der Waals surface area contributed by atoms with Crippen LogP contribution in [-0.4, -0.2) is 20.1 Å². The summed E-state index contributed by atoms with van der Waals surface area (Å²) in [4.78, 5) is 0. The van der Waals surface area contributed by atoms with Crippen LogP contribution in [0.1, 0.15) is 50.3 Å². The van der Waals surface area contributed by atoms with E-state index in [2.05, 4.69) is 10.3 Å². The molecule has 106 valence electrons. The minimum absolute atomic E-state index is 0.481. The first-order valence-electron chi connectivity index (χ1n) is 7.48. The molecule has 0 spiro atoms. The Morgan fingerprint density at radius 3 is 2.70 bits per heavy atom. The average Bonchev–Trinajstić information content (AvgIpc) is 3.17. The van der Waals surface area contributed by atoms with Crippen molar-refractivity contribution in [3.8, 4) is 5.69 Å². The monoisotopic (exact) mass is 271 g/mol. The molecule has 2 aromatic rings. The first-order valence-corrected chi connectivity index (χ1v) is 7.48. The van der Waals surface area contributed by atoms with E-state index in [1.807, 2.05) is 30.3 Å². The average molecular weight is 271 g/mol. The summed E-state index contributed by atoms with van der Waals surface area (Å²) in [6, 6.07) is 9.85. The van der Waals surface area contributed by atoms with Gasteiger partial charge in [0.25, 0.3) is 0 Å². The molecule has 1 aliphatic carbocycles. The largest absolute Gasteiger partial charge is 0.387 e. The number of hydrogen-bond acceptors (Lipinski definition) is 3. The maximum atomic E-state index is 10.4. The second-order valence-electron chi connectivity index (χ2n) is 5.65. The lowest BCUT2D eigenvalue weighted by Crippen LogP contribution is -2.08. The minimum atomic E-state index is -0.481. The Kier molecular flexibility index (Phi) is 4.11. The van der Waals surface area contributed by atoms with E-state index < -0.39 is 6.10 Å². The summed E-state index contributed by atoms with van der Waals surface area (Å²) < 4.78 is 1.74. The molecule has 1 aromatic heterocycles. The Morgan fingerprint density at radius 1 is 1.20 bits per heavy atom. The fraction of sp³-hybridized carbons (Fsp3) is 0.500. The van der Waals surface area contributed by atoms with Crippen molar-refractivity contribution >= 4 is 0 Å². The lowest BCUT2D eigenvalue weighted by atomic mass is 9.98. The zero-order valence-electron chi connectivity index (χ0n) is 11.7. The molecule has 0 saturated heterocycles. The number of aliphatic hydroxyl groups excluding tert-OH is 1. The fourth-order valence-corrected chi connectivity index (χ4v) is 3.08. The quantitative estimate of drug-likeness (QED) is 0.908. The Balaban J connectivity index is 1.69. The van der Waals surface area contributed by atoms with Crippen LogP contribution in [0.15, 0.2) is 36.5 Å². The van der Waals surface area contributed by atoms with Gasteiger partial charge in [-0.1, -0.05) is 49.1 Å². The first kappa shape index (κ1) is 13.3. The van der Waals surface area contributed by atoms with Gasteiger partial charge in [0.2, 0.25) is 0 Å². The zero-order valence-corrected chi connectivity index (χ0v) is 11.7. The normalized spacial score (nSPS) is 17.4. The van der Waals surface area contributed by atoms with Gasteiger partial charge in [-0.05, 0) is 30.9 Å². The van der Waals surface area contributed by atoms with Gasteiger partial charge in [0.05, 0.1) is 23.7 Å². The van der Waals surface area contributed by atoms with Crippen molar-refractivity contribution in [3.05, 3.63) is 42.2 Å². The first-order chi connectivity index (χ1) is 9.84. The van der Waals surface area contributed by atoms with Crippen LogP contribution in [0.3, 0.4) is 0 Å². The van der Waals surface area contributed by atoms with E-state index in [1.165, 1.54) is 25.7 Å². The molecule has 1 N–H and O–H groups in total. The Hall–Kier alpha value is -1.68. The van der Waals surface area contributed by atoms with Gasteiger partial charge < -0.3 is 5.11 Å². The van der Waals surface area contributed by atoms with Crippen LogP contribution in [0, 0.1) is 5.92 Å². The molecule has 0 bridgehead atoms. The standard InChI is InChI=1S/C16H21N3O/c20-16(11-10-13-6-4-5-7-13)15-12-17-18-19(15)14-8-2-1-3-9-14/h1-3,8-9,12-13,16,20H,4-7,10-11H2. The Bertz CT molecular complexity index is 532. The zero-order chi connectivity index (χ0) is 13.8. The number of aliphatic hydroxyl groups is 1. The number of rotatable bonds is 5. The lowest BCUT2D eigenvalue weighted by molar-refractivity contribution is 0.149. The molecule has 4 nitrogen and oxygen atoms in total. The van der Waals surface area contributed by atoms with Crippen LogP contribution < -0.4 is 0 Å². The number of benzene rings is 1. The van der Waals surface area contributed by atoms with Crippen LogP contribution in [0.25, 0.3) is 5.69 Å². The third-order valence-electron chi connectivity index (χ3n) is 4.24. The van der Waals surface area contributed by atoms with Gasteiger partial charge in [-0.2, -0.15) is 0 Å². The summed E-state index contributed by atoms with van der Waals surface area (Å²) in [5, 5.41) is 18.5. The molecule has 1 heterocycles. The molecule has 1 atom stereocenters. The smallest absolute Gasteiger partial charge is 0.0977 e. The van der Waals surface area contributed by atoms with E-state index in [0.717, 1.165) is 30.1 Å². The Morgan fingerprint density at radius 2 is 1.95 bits per heavy atom. The highest BCUT2D eigenvalue weighted by Crippen LogP contribution is 2.31. The van der Waals surface area contributed by atoms with E-state index in [0.29, 0.717) is 0 Å². The van der Waals surface area contributed by atoms with Crippen molar-refractivity contribution in [2.45, 2.75) is 44.6 Å². The van der Waals surface area contributed by atoms with Crippen LogP contribution in [0.2, 0.25) is 0 Å². The van der Waals surface area contributed by atoms with Crippen molar-refractivity contribution in [3.63, 3.8) is 0 Å². The van der Waals surface area contributed by atoms with E-state index in [9.17, 15) is 5.11 Å². The van der Waals surface area contributed by atoms with E-state index in [-0.39, 0.29) is 0 Å². The molecule has 1 aromatic carbocycles. The van der Waals surface area contributed by atoms with Gasteiger partial charge in [0.1, 0.15) is 0 Å². The molecule has 0 radical (unpaired) electrons. The highest BCUT2D eigenvalue weighted by molar-refractivity contribution is 5.31. The van der Waals surface area contributed by atoms with Crippen LogP contribution >= 0.6 is 0 Å². The topological polar surface area (TPSA) is 50.9 Å². The third kappa shape index (κ3) is 2.90. The number of aromatic nitrogens is 3. The van der Waals surface area contributed by atoms with Gasteiger partial charge >= 0.3 is 0 Å². The molecule has 3 rings (SSSR count). The van der Waals surface area contributed by atoms with Crippen molar-refractivity contribution in [1.82, 2.24) is 15.0 Å². The molecule has 1 saturated carbocycles. The lowest BCUT2D eigenvalue weighted by Gasteiger charge is -2.14. The SMILES string of the molecule is OC(CCC1CCCC1)c1cnnn1-c1ccccc1. The summed E-state index contributed by atoms with van der Waals surface area (Å²) in [5.74, 6) is 0.797.